The third-order valence-electron chi connectivity index (χ3n) is 2.43. The van der Waals surface area contributed by atoms with Gasteiger partial charge in [0, 0.05) is 5.56 Å². The van der Waals surface area contributed by atoms with E-state index in [1.165, 1.54) is 18.2 Å². The summed E-state index contributed by atoms with van der Waals surface area (Å²) >= 11 is 23.3. The van der Waals surface area contributed by atoms with Crippen molar-refractivity contribution < 1.29 is 13.2 Å². The van der Waals surface area contributed by atoms with E-state index in [1.807, 2.05) is 0 Å². The van der Waals surface area contributed by atoms with Crippen LogP contribution in [0.2, 0.25) is 20.2 Å². The highest BCUT2D eigenvalue weighted by molar-refractivity contribution is 6.48. The van der Waals surface area contributed by atoms with Gasteiger partial charge in [0.1, 0.15) is 10.8 Å². The van der Waals surface area contributed by atoms with Crippen LogP contribution in [0.25, 0.3) is 11.1 Å². The molecule has 2 aromatic rings. The number of alkyl halides is 3. The predicted octanol–water partition coefficient (Wildman–Crippen LogP) is 6.38. The molecule has 0 aliphatic carbocycles. The molecular formula is C12H4Cl4F3N. The van der Waals surface area contributed by atoms with E-state index in [9.17, 15) is 13.2 Å². The van der Waals surface area contributed by atoms with Gasteiger partial charge in [0.25, 0.3) is 0 Å². The Hall–Kier alpha value is -0.680. The van der Waals surface area contributed by atoms with Crippen LogP contribution in [0, 0.1) is 0 Å². The lowest BCUT2D eigenvalue weighted by Crippen LogP contribution is -2.07. The average Bonchev–Trinajstić information content (AvgIpc) is 2.34. The maximum absolute atomic E-state index is 12.5. The Balaban J connectivity index is 2.54. The zero-order valence-corrected chi connectivity index (χ0v) is 12.4. The molecule has 0 atom stereocenters. The molecule has 0 aliphatic heterocycles. The minimum Gasteiger partial charge on any atom is -0.231 e. The van der Waals surface area contributed by atoms with Crippen molar-refractivity contribution in [2.24, 2.45) is 0 Å². The number of rotatable bonds is 1. The second-order valence-corrected chi connectivity index (χ2v) is 5.34. The third-order valence-corrected chi connectivity index (χ3v) is 3.92. The average molecular weight is 361 g/mol. The highest BCUT2D eigenvalue weighted by Gasteiger charge is 2.33. The van der Waals surface area contributed by atoms with Gasteiger partial charge in [-0.15, -0.1) is 0 Å². The fraction of sp³-hybridized carbons (Fsp3) is 0.0833. The standard InChI is InChI=1S/C12H4Cl4F3N/c13-7-3-5(4-8(14)10(7)15)6-1-2-9(12(17,18)19)20-11(6)16/h1-4H. The first-order valence-corrected chi connectivity index (χ1v) is 6.60. The minimum atomic E-state index is -4.56. The number of hydrogen-bond donors (Lipinski definition) is 0. The van der Waals surface area contributed by atoms with E-state index >= 15 is 0 Å². The van der Waals surface area contributed by atoms with Crippen molar-refractivity contribution in [3.8, 4) is 11.1 Å². The van der Waals surface area contributed by atoms with Gasteiger partial charge in [-0.1, -0.05) is 46.4 Å². The quantitative estimate of drug-likeness (QED) is 0.424. The van der Waals surface area contributed by atoms with E-state index in [0.717, 1.165) is 6.07 Å². The van der Waals surface area contributed by atoms with Crippen molar-refractivity contribution in [2.45, 2.75) is 6.18 Å². The van der Waals surface area contributed by atoms with Crippen molar-refractivity contribution >= 4 is 46.4 Å². The molecule has 0 saturated heterocycles. The molecule has 1 nitrogen and oxygen atoms in total. The molecule has 0 aliphatic rings. The summed E-state index contributed by atoms with van der Waals surface area (Å²) < 4.78 is 37.5. The van der Waals surface area contributed by atoms with Crippen LogP contribution in [-0.2, 0) is 6.18 Å². The van der Waals surface area contributed by atoms with Gasteiger partial charge in [-0.25, -0.2) is 4.98 Å². The van der Waals surface area contributed by atoms with Gasteiger partial charge < -0.3 is 0 Å². The molecule has 0 saturated carbocycles. The number of nitrogens with zero attached hydrogens (tertiary/aromatic N) is 1. The topological polar surface area (TPSA) is 12.9 Å². The smallest absolute Gasteiger partial charge is 0.231 e. The summed E-state index contributed by atoms with van der Waals surface area (Å²) in [6, 6.07) is 4.93. The van der Waals surface area contributed by atoms with Gasteiger partial charge in [0.15, 0.2) is 0 Å². The van der Waals surface area contributed by atoms with Crippen LogP contribution in [0.4, 0.5) is 13.2 Å². The molecule has 106 valence electrons. The first kappa shape index (κ1) is 15.7. The number of pyridine rings is 1. The van der Waals surface area contributed by atoms with E-state index < -0.39 is 11.9 Å². The van der Waals surface area contributed by atoms with Crippen LogP contribution >= 0.6 is 46.4 Å². The SMILES string of the molecule is FC(F)(F)c1ccc(-c2cc(Cl)c(Cl)c(Cl)c2)c(Cl)n1. The number of benzene rings is 1. The lowest BCUT2D eigenvalue weighted by Gasteiger charge is -2.10. The Bertz CT molecular complexity index is 647. The maximum atomic E-state index is 12.5. The lowest BCUT2D eigenvalue weighted by molar-refractivity contribution is -0.141. The second-order valence-electron chi connectivity index (χ2n) is 3.79. The summed E-state index contributed by atoms with van der Waals surface area (Å²) in [6.07, 6.45) is -4.56. The Morgan fingerprint density at radius 2 is 1.45 bits per heavy atom. The third kappa shape index (κ3) is 3.14. The van der Waals surface area contributed by atoms with Gasteiger partial charge in [-0.3, -0.25) is 0 Å². The van der Waals surface area contributed by atoms with E-state index in [0.29, 0.717) is 5.56 Å². The molecular weight excluding hydrogens is 357 g/mol. The minimum absolute atomic E-state index is 0.160. The molecule has 0 fully saturated rings. The summed E-state index contributed by atoms with van der Waals surface area (Å²) in [6.45, 7) is 0. The molecule has 0 N–H and O–H groups in total. The Morgan fingerprint density at radius 3 is 1.90 bits per heavy atom. The van der Waals surface area contributed by atoms with Crippen molar-refractivity contribution in [3.63, 3.8) is 0 Å². The summed E-state index contributed by atoms with van der Waals surface area (Å²) in [5.74, 6) is 0. The van der Waals surface area contributed by atoms with E-state index in [-0.39, 0.29) is 25.8 Å². The molecule has 2 rings (SSSR count). The Kier molecular flexibility index (Phi) is 4.40. The molecule has 0 bridgehead atoms. The predicted molar refractivity (Wildman–Crippen MR) is 74.7 cm³/mol. The molecule has 0 radical (unpaired) electrons. The molecule has 0 amide bonds. The van der Waals surface area contributed by atoms with Crippen LogP contribution in [0.3, 0.4) is 0 Å². The van der Waals surface area contributed by atoms with Crippen molar-refractivity contribution in [3.05, 3.63) is 50.2 Å². The molecule has 0 spiro atoms. The first-order valence-electron chi connectivity index (χ1n) is 5.09. The van der Waals surface area contributed by atoms with Gasteiger partial charge in [0.2, 0.25) is 0 Å². The van der Waals surface area contributed by atoms with E-state index in [4.69, 9.17) is 46.4 Å². The fourth-order valence-corrected chi connectivity index (χ4v) is 2.38. The van der Waals surface area contributed by atoms with Gasteiger partial charge in [-0.05, 0) is 29.8 Å². The van der Waals surface area contributed by atoms with Gasteiger partial charge >= 0.3 is 6.18 Å². The fourth-order valence-electron chi connectivity index (χ4n) is 1.52. The summed E-state index contributed by atoms with van der Waals surface area (Å²) in [7, 11) is 0. The largest absolute Gasteiger partial charge is 0.433 e. The zero-order chi connectivity index (χ0) is 15.1. The summed E-state index contributed by atoms with van der Waals surface area (Å²) in [4.78, 5) is 3.32. The summed E-state index contributed by atoms with van der Waals surface area (Å²) in [5.41, 5.74) is -0.367. The highest BCUT2D eigenvalue weighted by Crippen LogP contribution is 2.38. The molecule has 20 heavy (non-hydrogen) atoms. The first-order chi connectivity index (χ1) is 9.20. The Morgan fingerprint density at radius 1 is 0.900 bits per heavy atom. The zero-order valence-electron chi connectivity index (χ0n) is 9.40. The summed E-state index contributed by atoms with van der Waals surface area (Å²) in [5, 5.41) is 0.206. The number of aromatic nitrogens is 1. The lowest BCUT2D eigenvalue weighted by atomic mass is 10.1. The molecule has 0 unspecified atom stereocenters. The number of halogens is 7. The number of hydrogen-bond acceptors (Lipinski definition) is 1. The van der Waals surface area contributed by atoms with Crippen LogP contribution in [0.15, 0.2) is 24.3 Å². The van der Waals surface area contributed by atoms with Crippen LogP contribution in [-0.4, -0.2) is 4.98 Å². The van der Waals surface area contributed by atoms with E-state index in [2.05, 4.69) is 4.98 Å². The van der Waals surface area contributed by atoms with Crippen LogP contribution in [0.5, 0.6) is 0 Å². The van der Waals surface area contributed by atoms with E-state index in [1.54, 1.807) is 0 Å². The van der Waals surface area contributed by atoms with Gasteiger partial charge in [0.05, 0.1) is 15.1 Å². The van der Waals surface area contributed by atoms with Crippen LogP contribution < -0.4 is 0 Å². The highest BCUT2D eigenvalue weighted by atomic mass is 35.5. The van der Waals surface area contributed by atoms with Crippen molar-refractivity contribution in [2.75, 3.05) is 0 Å². The normalized spacial score (nSPS) is 11.8. The maximum Gasteiger partial charge on any atom is 0.433 e. The van der Waals surface area contributed by atoms with Gasteiger partial charge in [-0.2, -0.15) is 13.2 Å². The molecule has 1 aromatic carbocycles. The van der Waals surface area contributed by atoms with Crippen LogP contribution in [0.1, 0.15) is 5.69 Å². The second kappa shape index (κ2) is 5.60. The van der Waals surface area contributed by atoms with Crippen molar-refractivity contribution in [1.82, 2.24) is 4.98 Å². The molecule has 1 aromatic heterocycles. The Labute approximate surface area is 132 Å². The molecule has 1 heterocycles. The monoisotopic (exact) mass is 359 g/mol. The van der Waals surface area contributed by atoms with Crippen molar-refractivity contribution in [1.29, 1.82) is 0 Å². The molecule has 8 heteroatoms.